The molecule has 0 aromatic rings. The highest BCUT2D eigenvalue weighted by Gasteiger charge is 2.22. The van der Waals surface area contributed by atoms with Gasteiger partial charge in [-0.3, -0.25) is 0 Å². The van der Waals surface area contributed by atoms with Crippen molar-refractivity contribution in [3.63, 3.8) is 0 Å². The van der Waals surface area contributed by atoms with Gasteiger partial charge in [-0.25, -0.2) is 0 Å². The van der Waals surface area contributed by atoms with Gasteiger partial charge in [-0.2, -0.15) is 0 Å². The second-order valence-electron chi connectivity index (χ2n) is 6.05. The van der Waals surface area contributed by atoms with Gasteiger partial charge in [0.25, 0.3) is 0 Å². The first-order valence-corrected chi connectivity index (χ1v) is 7.15. The smallest absolute Gasteiger partial charge is 0.0543 e. The van der Waals surface area contributed by atoms with Gasteiger partial charge >= 0.3 is 0 Å². The zero-order valence-electron chi connectivity index (χ0n) is 10.6. The summed E-state index contributed by atoms with van der Waals surface area (Å²) in [5.41, 5.74) is 0. The van der Waals surface area contributed by atoms with E-state index < -0.39 is 0 Å². The lowest BCUT2D eigenvalue weighted by molar-refractivity contribution is 0.0986. The molecule has 0 bridgehead atoms. The fourth-order valence-electron chi connectivity index (χ4n) is 3.25. The molecule has 0 spiro atoms. The van der Waals surface area contributed by atoms with Crippen molar-refractivity contribution in [3.8, 4) is 0 Å². The molecule has 2 N–H and O–H groups in total. The highest BCUT2D eigenvalue weighted by atomic mass is 16.3. The molecular formula is C14H27NO. The van der Waals surface area contributed by atoms with Crippen molar-refractivity contribution in [2.24, 2.45) is 11.8 Å². The molecule has 0 saturated heterocycles. The summed E-state index contributed by atoms with van der Waals surface area (Å²) in [5.74, 6) is 1.66. The predicted molar refractivity (Wildman–Crippen MR) is 67.4 cm³/mol. The molecule has 2 aliphatic rings. The maximum Gasteiger partial charge on any atom is 0.0543 e. The van der Waals surface area contributed by atoms with Gasteiger partial charge in [0.05, 0.1) is 6.10 Å². The first-order valence-electron chi connectivity index (χ1n) is 7.15. The third kappa shape index (κ3) is 3.74. The van der Waals surface area contributed by atoms with E-state index in [0.29, 0.717) is 0 Å². The fourth-order valence-corrected chi connectivity index (χ4v) is 3.25. The van der Waals surface area contributed by atoms with Crippen LogP contribution in [0.4, 0.5) is 0 Å². The quantitative estimate of drug-likeness (QED) is 0.774. The molecule has 0 aromatic heterocycles. The maximum absolute atomic E-state index is 9.62. The van der Waals surface area contributed by atoms with E-state index in [-0.39, 0.29) is 6.10 Å². The Balaban J connectivity index is 1.63. The van der Waals surface area contributed by atoms with E-state index in [4.69, 9.17) is 0 Å². The molecule has 2 aliphatic carbocycles. The molecule has 0 heterocycles. The molecule has 2 saturated carbocycles. The zero-order chi connectivity index (χ0) is 11.4. The summed E-state index contributed by atoms with van der Waals surface area (Å²) in [5, 5.41) is 13.3. The summed E-state index contributed by atoms with van der Waals surface area (Å²) in [4.78, 5) is 0. The number of rotatable bonds is 3. The topological polar surface area (TPSA) is 32.3 Å². The Morgan fingerprint density at radius 2 is 1.81 bits per heavy atom. The van der Waals surface area contributed by atoms with Crippen LogP contribution in [0.2, 0.25) is 0 Å². The Morgan fingerprint density at radius 3 is 2.50 bits per heavy atom. The molecule has 2 rings (SSSR count). The summed E-state index contributed by atoms with van der Waals surface area (Å²) < 4.78 is 0. The maximum atomic E-state index is 9.62. The van der Waals surface area contributed by atoms with Crippen LogP contribution in [-0.4, -0.2) is 23.8 Å². The van der Waals surface area contributed by atoms with E-state index >= 15 is 0 Å². The van der Waals surface area contributed by atoms with Crippen LogP contribution < -0.4 is 5.32 Å². The van der Waals surface area contributed by atoms with Gasteiger partial charge in [-0.15, -0.1) is 0 Å². The van der Waals surface area contributed by atoms with Crippen LogP contribution in [0.5, 0.6) is 0 Å². The van der Waals surface area contributed by atoms with E-state index in [2.05, 4.69) is 12.2 Å². The van der Waals surface area contributed by atoms with Crippen LogP contribution in [-0.2, 0) is 0 Å². The van der Waals surface area contributed by atoms with E-state index in [9.17, 15) is 5.11 Å². The molecule has 0 amide bonds. The van der Waals surface area contributed by atoms with Gasteiger partial charge in [0.1, 0.15) is 0 Å². The average molecular weight is 225 g/mol. The molecule has 0 aromatic carbocycles. The van der Waals surface area contributed by atoms with Crippen LogP contribution in [0.15, 0.2) is 0 Å². The van der Waals surface area contributed by atoms with Gasteiger partial charge in [0.2, 0.25) is 0 Å². The predicted octanol–water partition coefficient (Wildman–Crippen LogP) is 2.71. The van der Waals surface area contributed by atoms with E-state index in [1.165, 1.54) is 38.5 Å². The Kier molecular flexibility index (Phi) is 4.66. The first-order chi connectivity index (χ1) is 7.74. The largest absolute Gasteiger partial charge is 0.393 e. The Labute approximate surface area is 99.8 Å². The van der Waals surface area contributed by atoms with Crippen LogP contribution >= 0.6 is 0 Å². The molecule has 2 atom stereocenters. The fraction of sp³-hybridized carbons (Fsp3) is 1.00. The number of aliphatic hydroxyl groups excluding tert-OH is 1. The Bertz CT molecular complexity index is 199. The highest BCUT2D eigenvalue weighted by Crippen LogP contribution is 2.26. The second-order valence-corrected chi connectivity index (χ2v) is 6.05. The summed E-state index contributed by atoms with van der Waals surface area (Å²) in [6.07, 6.45) is 10.1. The summed E-state index contributed by atoms with van der Waals surface area (Å²) in [7, 11) is 0. The number of nitrogens with one attached hydrogen (secondary N) is 1. The molecule has 2 fully saturated rings. The number of hydrogen-bond donors (Lipinski definition) is 2. The minimum atomic E-state index is -0.0214. The van der Waals surface area contributed by atoms with Crippen molar-refractivity contribution in [1.29, 1.82) is 0 Å². The monoisotopic (exact) mass is 225 g/mol. The lowest BCUT2D eigenvalue weighted by Gasteiger charge is -2.31. The highest BCUT2D eigenvalue weighted by molar-refractivity contribution is 4.79. The molecule has 16 heavy (non-hydrogen) atoms. The van der Waals surface area contributed by atoms with E-state index in [1.807, 2.05) is 0 Å². The normalized spacial score (nSPS) is 40.9. The molecule has 2 heteroatoms. The van der Waals surface area contributed by atoms with Gasteiger partial charge in [0.15, 0.2) is 0 Å². The van der Waals surface area contributed by atoms with Crippen LogP contribution in [0, 0.1) is 11.8 Å². The standard InChI is InChI=1S/C14H27NO/c1-11-5-7-13(8-6-11)15-10-12-3-2-4-14(16)9-12/h11-16H,2-10H2,1H3. The van der Waals surface area contributed by atoms with E-state index in [1.54, 1.807) is 0 Å². The summed E-state index contributed by atoms with van der Waals surface area (Å²) in [6.45, 7) is 3.50. The van der Waals surface area contributed by atoms with Crippen molar-refractivity contribution in [1.82, 2.24) is 5.32 Å². The first kappa shape index (κ1) is 12.4. The molecule has 0 aliphatic heterocycles. The lowest BCUT2D eigenvalue weighted by Crippen LogP contribution is -2.37. The number of aliphatic hydroxyl groups is 1. The Hall–Kier alpha value is -0.0800. The van der Waals surface area contributed by atoms with Crippen molar-refractivity contribution < 1.29 is 5.11 Å². The van der Waals surface area contributed by atoms with Crippen LogP contribution in [0.25, 0.3) is 0 Å². The zero-order valence-corrected chi connectivity index (χ0v) is 10.6. The second kappa shape index (κ2) is 6.02. The average Bonchev–Trinajstić information content (AvgIpc) is 2.28. The summed E-state index contributed by atoms with van der Waals surface area (Å²) in [6, 6.07) is 0.760. The van der Waals surface area contributed by atoms with Crippen molar-refractivity contribution in [2.75, 3.05) is 6.54 Å². The minimum Gasteiger partial charge on any atom is -0.393 e. The molecule has 2 unspecified atom stereocenters. The lowest BCUT2D eigenvalue weighted by atomic mass is 9.85. The molecular weight excluding hydrogens is 198 g/mol. The van der Waals surface area contributed by atoms with Gasteiger partial charge in [0, 0.05) is 6.04 Å². The SMILES string of the molecule is CC1CCC(NCC2CCCC(O)C2)CC1. The minimum absolute atomic E-state index is 0.0214. The van der Waals surface area contributed by atoms with Gasteiger partial charge in [-0.1, -0.05) is 13.3 Å². The summed E-state index contributed by atoms with van der Waals surface area (Å²) >= 11 is 0. The van der Waals surface area contributed by atoms with Crippen molar-refractivity contribution in [2.45, 2.75) is 70.4 Å². The van der Waals surface area contributed by atoms with Crippen LogP contribution in [0.3, 0.4) is 0 Å². The van der Waals surface area contributed by atoms with Crippen LogP contribution in [0.1, 0.15) is 58.3 Å². The molecule has 2 nitrogen and oxygen atoms in total. The van der Waals surface area contributed by atoms with E-state index in [0.717, 1.165) is 37.3 Å². The molecule has 94 valence electrons. The number of hydrogen-bond acceptors (Lipinski definition) is 2. The Morgan fingerprint density at radius 1 is 1.06 bits per heavy atom. The molecule has 0 radical (unpaired) electrons. The van der Waals surface area contributed by atoms with Crippen molar-refractivity contribution >= 4 is 0 Å². The van der Waals surface area contributed by atoms with Gasteiger partial charge in [-0.05, 0) is 63.3 Å². The third-order valence-electron chi connectivity index (χ3n) is 4.47. The van der Waals surface area contributed by atoms with Gasteiger partial charge < -0.3 is 10.4 Å². The third-order valence-corrected chi connectivity index (χ3v) is 4.47. The van der Waals surface area contributed by atoms with Crippen molar-refractivity contribution in [3.05, 3.63) is 0 Å².